The molecular formula is C124H125BN4O2. The van der Waals surface area contributed by atoms with Crippen LogP contribution in [0.4, 0.5) is 68.2 Å². The van der Waals surface area contributed by atoms with Crippen molar-refractivity contribution in [3.63, 3.8) is 0 Å². The van der Waals surface area contributed by atoms with Gasteiger partial charge >= 0.3 is 0 Å². The Morgan fingerprint density at radius 1 is 0.298 bits per heavy atom. The number of aryl methyl sites for hydroxylation is 1. The minimum atomic E-state index is -0.987. The van der Waals surface area contributed by atoms with Crippen LogP contribution in [0, 0.1) is 6.92 Å². The van der Waals surface area contributed by atoms with Crippen molar-refractivity contribution in [1.82, 2.24) is 0 Å². The number of hydrogen-bond donors (Lipinski definition) is 0. The van der Waals surface area contributed by atoms with Gasteiger partial charge in [0.25, 0.3) is 6.71 Å². The van der Waals surface area contributed by atoms with Crippen LogP contribution in [0.25, 0.3) is 55.0 Å². The zero-order valence-corrected chi connectivity index (χ0v) is 81.3. The fourth-order valence-electron chi connectivity index (χ4n) is 21.4. The lowest BCUT2D eigenvalue weighted by Gasteiger charge is -2.45. The van der Waals surface area contributed by atoms with Crippen LogP contribution in [0.2, 0.25) is 0 Å². The summed E-state index contributed by atoms with van der Waals surface area (Å²) >= 11 is 0. The van der Waals surface area contributed by atoms with Crippen LogP contribution in [0.5, 0.6) is 0 Å². The summed E-state index contributed by atoms with van der Waals surface area (Å²) in [5.74, 6) is 0. The molecule has 0 atom stereocenters. The van der Waals surface area contributed by atoms with E-state index in [0.717, 1.165) is 123 Å². The van der Waals surface area contributed by atoms with Crippen molar-refractivity contribution in [2.45, 2.75) is 221 Å². The van der Waals surface area contributed by atoms with E-state index >= 15 is 0 Å². The number of anilines is 12. The molecule has 15 aromatic carbocycles. The number of benzene rings is 15. The predicted octanol–water partition coefficient (Wildman–Crippen LogP) is 32.8. The summed E-state index contributed by atoms with van der Waals surface area (Å²) in [5.41, 5.74) is 37.8. The molecule has 0 fully saturated rings. The monoisotopic (exact) mass is 1710 g/mol. The molecule has 0 spiro atoms. The van der Waals surface area contributed by atoms with Gasteiger partial charge in [-0.2, -0.15) is 0 Å². The van der Waals surface area contributed by atoms with Gasteiger partial charge in [0.1, 0.15) is 16.7 Å². The summed E-state index contributed by atoms with van der Waals surface area (Å²) in [4.78, 5) is 10.1. The zero-order chi connectivity index (χ0) is 92.1. The van der Waals surface area contributed by atoms with Gasteiger partial charge in [-0.25, -0.2) is 0 Å². The molecule has 2 aliphatic heterocycles. The molecule has 17 aromatic rings. The van der Waals surface area contributed by atoms with Gasteiger partial charge in [-0.3, -0.25) is 0 Å². The first-order chi connectivity index (χ1) is 62.0. The third-order valence-electron chi connectivity index (χ3n) is 28.8. The Labute approximate surface area is 778 Å². The fraction of sp³-hybridized carbons (Fsp3) is 0.274. The number of para-hydroxylation sites is 1. The van der Waals surface area contributed by atoms with Crippen molar-refractivity contribution in [1.29, 1.82) is 0 Å². The smallest absolute Gasteiger partial charge is 0.252 e. The van der Waals surface area contributed by atoms with Crippen molar-refractivity contribution >= 4 is 135 Å². The van der Waals surface area contributed by atoms with E-state index in [1.54, 1.807) is 0 Å². The van der Waals surface area contributed by atoms with E-state index in [2.05, 4.69) is 495 Å². The molecule has 2 aromatic heterocycles. The van der Waals surface area contributed by atoms with Gasteiger partial charge in [-0.1, -0.05) is 347 Å². The third kappa shape index (κ3) is 14.6. The molecule has 7 heteroatoms. The maximum Gasteiger partial charge on any atom is 0.252 e. The highest BCUT2D eigenvalue weighted by molar-refractivity contribution is 7.00. The highest BCUT2D eigenvalue weighted by Crippen LogP contribution is 2.65. The number of nitrogens with zero attached hydrogens (tertiary/aromatic N) is 4. The minimum Gasteiger partial charge on any atom is -0.455 e. The van der Waals surface area contributed by atoms with Gasteiger partial charge in [0.05, 0.1) is 22.2 Å². The fourth-order valence-corrected chi connectivity index (χ4v) is 21.4. The quantitative estimate of drug-likeness (QED) is 0.107. The molecule has 3 aliphatic rings. The van der Waals surface area contributed by atoms with E-state index in [-0.39, 0.29) is 44.6 Å². The van der Waals surface area contributed by atoms with Crippen molar-refractivity contribution in [3.05, 3.63) is 387 Å². The molecular weight excluding hydrogens is 1590 g/mol. The van der Waals surface area contributed by atoms with E-state index in [4.69, 9.17) is 8.83 Å². The lowest BCUT2D eigenvalue weighted by Crippen LogP contribution is -2.61. The summed E-state index contributed by atoms with van der Waals surface area (Å²) in [6.45, 7) is 55.7. The molecule has 0 saturated heterocycles. The standard InChI is InChI=1S/C124H125BN4O2/c1-77-69-104-113-105(70-77)129(94-64-50-84(51-65-94)121(17,18)19)102-68-53-88(73-100(102)125(113)99-72-87(122(20,21)22)52-67-101(99)128(104)93-62-48-83(49-63-93)120(14,15)16)123(23,24)76-78-39-66-96-108(71-78)131-114-106(127(91-58-44-81(45-59-91)118(8,9)10)92-60-46-82(47-61-92)119(11,12)13)75-97-111(110(96)114)112-98(124(97,85-33-27-25-28-34-85)86-35-29-26-30-36-86)74-103(109-95-37-31-32-38-107(95)130-115(109)112)126(89-54-40-79(41-55-89)116(2,3)4)90-56-42-80(43-57-90)117(5,6)7/h25-75H,76H2,1-24H3. The Balaban J connectivity index is 0.843. The van der Waals surface area contributed by atoms with Crippen molar-refractivity contribution < 1.29 is 8.83 Å². The molecule has 20 rings (SSSR count). The van der Waals surface area contributed by atoms with Crippen molar-refractivity contribution in [2.24, 2.45) is 0 Å². The summed E-state index contributed by atoms with van der Waals surface area (Å²) in [7, 11) is 0. The highest BCUT2D eigenvalue weighted by Gasteiger charge is 2.52. The second kappa shape index (κ2) is 30.6. The van der Waals surface area contributed by atoms with Crippen LogP contribution in [0.3, 0.4) is 0 Å². The van der Waals surface area contributed by atoms with Gasteiger partial charge in [-0.05, 0) is 272 Å². The first kappa shape index (κ1) is 86.2. The van der Waals surface area contributed by atoms with E-state index < -0.39 is 10.8 Å². The van der Waals surface area contributed by atoms with Crippen LogP contribution >= 0.6 is 0 Å². The lowest BCUT2D eigenvalue weighted by molar-refractivity contribution is 0.522. The molecule has 1 aliphatic carbocycles. The molecule has 131 heavy (non-hydrogen) atoms. The second-order valence-electron chi connectivity index (χ2n) is 45.7. The molecule has 0 unspecified atom stereocenters. The molecule has 0 radical (unpaired) electrons. The maximum absolute atomic E-state index is 8.14. The largest absolute Gasteiger partial charge is 0.455 e. The predicted molar refractivity (Wildman–Crippen MR) is 560 cm³/mol. The van der Waals surface area contributed by atoms with Gasteiger partial charge in [0, 0.05) is 84.2 Å². The van der Waals surface area contributed by atoms with Crippen LogP contribution < -0.4 is 36.0 Å². The van der Waals surface area contributed by atoms with Crippen LogP contribution in [0.15, 0.2) is 318 Å². The van der Waals surface area contributed by atoms with E-state index in [9.17, 15) is 0 Å². The Hall–Kier alpha value is -12.8. The van der Waals surface area contributed by atoms with Gasteiger partial charge in [0.15, 0.2) is 5.58 Å². The third-order valence-corrected chi connectivity index (χ3v) is 28.8. The lowest BCUT2D eigenvalue weighted by atomic mass is 9.33. The van der Waals surface area contributed by atoms with Gasteiger partial charge in [0.2, 0.25) is 0 Å². The maximum atomic E-state index is 8.14. The first-order valence-corrected chi connectivity index (χ1v) is 47.4. The number of furan rings is 2. The number of rotatable bonds is 13. The molecule has 656 valence electrons. The summed E-state index contributed by atoms with van der Waals surface area (Å²) in [5, 5.41) is 4.13. The van der Waals surface area contributed by atoms with E-state index in [1.807, 2.05) is 0 Å². The summed E-state index contributed by atoms with van der Waals surface area (Å²) in [6.07, 6.45) is 0.716. The normalized spacial score (nSPS) is 14.0. The van der Waals surface area contributed by atoms with Gasteiger partial charge < -0.3 is 28.4 Å². The average Bonchev–Trinajstić information content (AvgIpc) is 1.50. The minimum absolute atomic E-state index is 0.00369. The molecule has 6 nitrogen and oxygen atoms in total. The Bertz CT molecular complexity index is 7150. The first-order valence-electron chi connectivity index (χ1n) is 47.4. The Morgan fingerprint density at radius 3 is 1.09 bits per heavy atom. The second-order valence-corrected chi connectivity index (χ2v) is 45.7. The number of fused-ring (bicyclic) bond motifs is 15. The van der Waals surface area contributed by atoms with Crippen molar-refractivity contribution in [3.8, 4) is 11.1 Å². The molecule has 0 saturated carbocycles. The van der Waals surface area contributed by atoms with Crippen LogP contribution in [0.1, 0.15) is 237 Å². The topological polar surface area (TPSA) is 39.2 Å². The molecule has 0 amide bonds. The van der Waals surface area contributed by atoms with E-state index in [1.165, 1.54) is 94.8 Å². The SMILES string of the molecule is Cc1cc2c3c(c1)N(c1ccc(C(C)(C)C)cc1)c1ccc(C(C)(C)Cc4ccc5c(c4)oc4c(N(c6ccc(C(C)(C)C)cc6)c6ccc(C(C)(C)C)cc6)cc6c(c45)-c4c(cc(N(c5ccc(C(C)(C)C)cc5)c5ccc(C(C)(C)C)cc5)c5c4oc4ccccc45)C6(c4ccccc4)c4ccccc4)cc1B3c1cc(C(C)(C)C)ccc1N2c1ccc(C(C)(C)C)cc1. The zero-order valence-electron chi connectivity index (χ0n) is 81.3. The Kier molecular flexibility index (Phi) is 20.2. The Morgan fingerprint density at radius 2 is 0.656 bits per heavy atom. The van der Waals surface area contributed by atoms with Crippen molar-refractivity contribution in [2.75, 3.05) is 19.6 Å². The average molecular weight is 1710 g/mol. The van der Waals surface area contributed by atoms with Crippen LogP contribution in [-0.2, 0) is 55.2 Å². The molecule has 0 bridgehead atoms. The van der Waals surface area contributed by atoms with Gasteiger partial charge in [-0.15, -0.1) is 0 Å². The summed E-state index contributed by atoms with van der Waals surface area (Å²) in [6, 6.07) is 120. The van der Waals surface area contributed by atoms with E-state index in [0.29, 0.717) is 6.42 Å². The molecule has 4 heterocycles. The summed E-state index contributed by atoms with van der Waals surface area (Å²) < 4.78 is 16.0. The highest BCUT2D eigenvalue weighted by atomic mass is 16.3. The van der Waals surface area contributed by atoms with Crippen LogP contribution in [-0.4, -0.2) is 6.71 Å². The molecule has 0 N–H and O–H groups in total. The number of hydrogen-bond acceptors (Lipinski definition) is 6.